The van der Waals surface area contributed by atoms with Gasteiger partial charge in [0.1, 0.15) is 5.82 Å². The van der Waals surface area contributed by atoms with Crippen molar-refractivity contribution in [2.75, 3.05) is 38.3 Å². The second kappa shape index (κ2) is 10.3. The number of fused-ring (bicyclic) bond motifs is 1. The number of halogens is 2. The Hall–Kier alpha value is -2.07. The lowest BCUT2D eigenvalue weighted by atomic mass is 9.74. The molecule has 30 heavy (non-hydrogen) atoms. The van der Waals surface area contributed by atoms with Gasteiger partial charge in [0.2, 0.25) is 0 Å². The van der Waals surface area contributed by atoms with Crippen molar-refractivity contribution in [3.05, 3.63) is 53.8 Å². The van der Waals surface area contributed by atoms with E-state index in [-0.39, 0.29) is 35.2 Å². The fourth-order valence-electron chi connectivity index (χ4n) is 3.78. The predicted molar refractivity (Wildman–Crippen MR) is 126 cm³/mol. The number of anilines is 1. The Morgan fingerprint density at radius 3 is 2.57 bits per heavy atom. The van der Waals surface area contributed by atoms with Crippen LogP contribution in [-0.2, 0) is 10.2 Å². The molecule has 2 aliphatic heterocycles. The van der Waals surface area contributed by atoms with Crippen molar-refractivity contribution in [3.8, 4) is 11.5 Å². The lowest BCUT2D eigenvalue weighted by molar-refractivity contribution is 0.0530. The molecule has 2 aliphatic rings. The molecule has 1 fully saturated rings. The summed E-state index contributed by atoms with van der Waals surface area (Å²) in [4.78, 5) is 4.59. The first kappa shape index (κ1) is 22.6. The predicted octanol–water partition coefficient (Wildman–Crippen LogP) is 4.08. The van der Waals surface area contributed by atoms with E-state index in [2.05, 4.69) is 10.3 Å². The third kappa shape index (κ3) is 5.34. The van der Waals surface area contributed by atoms with Crippen molar-refractivity contribution >= 4 is 35.6 Å². The van der Waals surface area contributed by atoms with Gasteiger partial charge in [-0.15, -0.1) is 24.0 Å². The minimum absolute atomic E-state index is 0. The van der Waals surface area contributed by atoms with Gasteiger partial charge in [-0.05, 0) is 42.7 Å². The molecule has 0 aromatic heterocycles. The van der Waals surface area contributed by atoms with Crippen LogP contribution >= 0.6 is 24.0 Å². The van der Waals surface area contributed by atoms with E-state index in [9.17, 15) is 4.39 Å². The summed E-state index contributed by atoms with van der Waals surface area (Å²) < 4.78 is 30.7. The van der Waals surface area contributed by atoms with E-state index in [4.69, 9.17) is 19.9 Å². The Morgan fingerprint density at radius 1 is 1.03 bits per heavy atom. The maximum atomic E-state index is 13.8. The smallest absolute Gasteiger partial charge is 0.193 e. The van der Waals surface area contributed by atoms with Gasteiger partial charge < -0.3 is 25.3 Å². The van der Waals surface area contributed by atoms with Crippen LogP contribution in [0.15, 0.2) is 47.5 Å². The summed E-state index contributed by atoms with van der Waals surface area (Å²) in [6, 6.07) is 12.4. The van der Waals surface area contributed by atoms with E-state index in [0.29, 0.717) is 44.7 Å². The number of benzene rings is 2. The van der Waals surface area contributed by atoms with Crippen LogP contribution in [0, 0.1) is 5.82 Å². The Morgan fingerprint density at radius 2 is 1.80 bits per heavy atom. The number of rotatable bonds is 4. The molecule has 0 radical (unpaired) electrons. The number of hydrogen-bond donors (Lipinski definition) is 2. The topological polar surface area (TPSA) is 78.1 Å². The summed E-state index contributed by atoms with van der Waals surface area (Å²) in [6.07, 6.45) is 2.40. The number of nitrogens with zero attached hydrogens (tertiary/aromatic N) is 1. The van der Waals surface area contributed by atoms with Crippen molar-refractivity contribution in [2.24, 2.45) is 10.7 Å². The number of nitrogens with two attached hydrogens (primary N) is 1. The first-order chi connectivity index (χ1) is 14.1. The highest BCUT2D eigenvalue weighted by Gasteiger charge is 2.34. The number of nitrogens with one attached hydrogen (secondary N) is 1. The van der Waals surface area contributed by atoms with E-state index >= 15 is 0 Å². The molecule has 2 aromatic carbocycles. The maximum Gasteiger partial charge on any atom is 0.193 e. The highest BCUT2D eigenvalue weighted by Crippen LogP contribution is 2.36. The van der Waals surface area contributed by atoms with Gasteiger partial charge in [0.15, 0.2) is 17.5 Å². The van der Waals surface area contributed by atoms with E-state index in [1.807, 2.05) is 24.3 Å². The van der Waals surface area contributed by atoms with E-state index in [1.54, 1.807) is 12.1 Å². The molecule has 0 saturated carbocycles. The van der Waals surface area contributed by atoms with Gasteiger partial charge in [-0.1, -0.05) is 12.1 Å². The van der Waals surface area contributed by atoms with Crippen molar-refractivity contribution in [3.63, 3.8) is 0 Å². The molecular weight excluding hydrogens is 500 g/mol. The van der Waals surface area contributed by atoms with E-state index in [1.165, 1.54) is 6.07 Å². The number of aliphatic imine (C=N–C) groups is 1. The molecule has 0 spiro atoms. The Balaban J connectivity index is 0.00000256. The Labute approximate surface area is 193 Å². The zero-order chi connectivity index (χ0) is 20.1. The summed E-state index contributed by atoms with van der Waals surface area (Å²) in [5.41, 5.74) is 7.60. The molecule has 0 atom stereocenters. The third-order valence-corrected chi connectivity index (χ3v) is 5.46. The number of hydrogen-bond acceptors (Lipinski definition) is 4. The molecule has 0 bridgehead atoms. The van der Waals surface area contributed by atoms with Crippen molar-refractivity contribution < 1.29 is 18.6 Å². The SMILES string of the molecule is I.NC(=NCC1(c2cccc(F)c2)CCOCC1)Nc1ccc2c(c1)OCCCO2. The van der Waals surface area contributed by atoms with Crippen LogP contribution in [0.25, 0.3) is 0 Å². The molecule has 3 N–H and O–H groups in total. The van der Waals surface area contributed by atoms with Gasteiger partial charge in [-0.2, -0.15) is 0 Å². The van der Waals surface area contributed by atoms with Crippen molar-refractivity contribution in [1.82, 2.24) is 0 Å². The zero-order valence-electron chi connectivity index (χ0n) is 16.7. The number of ether oxygens (including phenoxy) is 3. The molecule has 2 heterocycles. The highest BCUT2D eigenvalue weighted by atomic mass is 127. The molecule has 4 rings (SSSR count). The molecule has 162 valence electrons. The van der Waals surface area contributed by atoms with Crippen LogP contribution in [-0.4, -0.2) is 38.9 Å². The zero-order valence-corrected chi connectivity index (χ0v) is 19.1. The Kier molecular flexibility index (Phi) is 7.76. The van der Waals surface area contributed by atoms with Crippen LogP contribution in [0.3, 0.4) is 0 Å². The molecular formula is C22H27FIN3O3. The molecule has 0 amide bonds. The van der Waals surface area contributed by atoms with Gasteiger partial charge >= 0.3 is 0 Å². The van der Waals surface area contributed by atoms with Gasteiger partial charge in [0, 0.05) is 36.8 Å². The molecule has 0 aliphatic carbocycles. The molecule has 1 saturated heterocycles. The highest BCUT2D eigenvalue weighted by molar-refractivity contribution is 14.0. The Bertz CT molecular complexity index is 888. The average Bonchev–Trinajstić information content (AvgIpc) is 2.98. The minimum atomic E-state index is -0.280. The van der Waals surface area contributed by atoms with E-state index in [0.717, 1.165) is 36.3 Å². The lowest BCUT2D eigenvalue weighted by Crippen LogP contribution is -2.38. The summed E-state index contributed by atoms with van der Waals surface area (Å²) >= 11 is 0. The standard InChI is InChI=1S/C22H26FN3O3.HI/c23-17-4-1-3-16(13-17)22(7-11-27-12-8-22)15-25-21(24)26-18-5-6-19-20(14-18)29-10-2-9-28-19;/h1,3-6,13-14H,2,7-12,15H2,(H3,24,25,26);1H. The monoisotopic (exact) mass is 527 g/mol. The fourth-order valence-corrected chi connectivity index (χ4v) is 3.78. The quantitative estimate of drug-likeness (QED) is 0.356. The van der Waals surface area contributed by atoms with Gasteiger partial charge in [-0.25, -0.2) is 4.39 Å². The van der Waals surface area contributed by atoms with Crippen molar-refractivity contribution in [2.45, 2.75) is 24.7 Å². The largest absolute Gasteiger partial charge is 0.490 e. The summed E-state index contributed by atoms with van der Waals surface area (Å²) in [5.74, 6) is 1.49. The second-order valence-electron chi connectivity index (χ2n) is 7.44. The normalized spacial score (nSPS) is 18.1. The molecule has 8 heteroatoms. The van der Waals surface area contributed by atoms with Gasteiger partial charge in [0.05, 0.1) is 19.8 Å². The van der Waals surface area contributed by atoms with Crippen LogP contribution in [0.2, 0.25) is 0 Å². The first-order valence-electron chi connectivity index (χ1n) is 9.95. The minimum Gasteiger partial charge on any atom is -0.490 e. The number of guanidine groups is 1. The first-order valence-corrected chi connectivity index (χ1v) is 9.95. The van der Waals surface area contributed by atoms with Crippen LogP contribution < -0.4 is 20.5 Å². The molecule has 6 nitrogen and oxygen atoms in total. The van der Waals surface area contributed by atoms with Gasteiger partial charge in [0.25, 0.3) is 0 Å². The van der Waals surface area contributed by atoms with E-state index < -0.39 is 0 Å². The third-order valence-electron chi connectivity index (χ3n) is 5.46. The van der Waals surface area contributed by atoms with Gasteiger partial charge in [-0.3, -0.25) is 4.99 Å². The summed E-state index contributed by atoms with van der Waals surface area (Å²) in [6.45, 7) is 2.99. The molecule has 2 aromatic rings. The average molecular weight is 527 g/mol. The van der Waals surface area contributed by atoms with Crippen molar-refractivity contribution in [1.29, 1.82) is 0 Å². The second-order valence-corrected chi connectivity index (χ2v) is 7.44. The lowest BCUT2D eigenvalue weighted by Gasteiger charge is -2.36. The van der Waals surface area contributed by atoms with Crippen LogP contribution in [0.1, 0.15) is 24.8 Å². The summed E-state index contributed by atoms with van der Waals surface area (Å²) in [5, 5.41) is 3.12. The maximum absolute atomic E-state index is 13.8. The van der Waals surface area contributed by atoms with Crippen LogP contribution in [0.4, 0.5) is 10.1 Å². The summed E-state index contributed by atoms with van der Waals surface area (Å²) in [7, 11) is 0. The fraction of sp³-hybridized carbons (Fsp3) is 0.409. The molecule has 0 unspecified atom stereocenters. The van der Waals surface area contributed by atoms with Crippen LogP contribution in [0.5, 0.6) is 11.5 Å².